The number of pyridine rings is 1. The quantitative estimate of drug-likeness (QED) is 0.776. The zero-order valence-corrected chi connectivity index (χ0v) is 9.24. The lowest BCUT2D eigenvalue weighted by atomic mass is 10.2. The highest BCUT2D eigenvalue weighted by Gasteiger charge is 2.34. The molecule has 1 heterocycles. The molecule has 0 aliphatic rings. The molecule has 1 aromatic rings. The molecule has 1 rings (SSSR count). The van der Waals surface area contributed by atoms with E-state index in [9.17, 15) is 18.0 Å². The van der Waals surface area contributed by atoms with Crippen LogP contribution in [0.15, 0.2) is 6.20 Å². The predicted molar refractivity (Wildman–Crippen MR) is 50.9 cm³/mol. The number of hydrogen-bond donors (Lipinski definition) is 0. The highest BCUT2D eigenvalue weighted by Crippen LogP contribution is 2.32. The van der Waals surface area contributed by atoms with Crippen LogP contribution in [0.25, 0.3) is 0 Å². The van der Waals surface area contributed by atoms with Crippen molar-refractivity contribution in [3.8, 4) is 5.88 Å². The third kappa shape index (κ3) is 2.99. The smallest absolute Gasteiger partial charge is 0.387 e. The summed E-state index contributed by atoms with van der Waals surface area (Å²) in [6, 6.07) is 0. The van der Waals surface area contributed by atoms with Crippen molar-refractivity contribution in [1.29, 1.82) is 0 Å². The van der Waals surface area contributed by atoms with Gasteiger partial charge in [-0.25, -0.2) is 4.98 Å². The fraction of sp³-hybridized carbons (Fsp3) is 0.250. The zero-order valence-electron chi connectivity index (χ0n) is 7.73. The van der Waals surface area contributed by atoms with E-state index in [0.29, 0.717) is 5.56 Å². The Hall–Kier alpha value is -1.01. The van der Waals surface area contributed by atoms with E-state index in [1.54, 1.807) is 0 Å². The van der Waals surface area contributed by atoms with Gasteiger partial charge >= 0.3 is 6.36 Å². The monoisotopic (exact) mass is 273 g/mol. The SMILES string of the molecule is Cc1cnc(OC(F)(F)F)c(C(=O)Cl)c1Cl. The number of aromatic nitrogens is 1. The molecule has 3 nitrogen and oxygen atoms in total. The van der Waals surface area contributed by atoms with Crippen LogP contribution in [0, 0.1) is 6.92 Å². The van der Waals surface area contributed by atoms with Gasteiger partial charge in [-0.15, -0.1) is 13.2 Å². The highest BCUT2D eigenvalue weighted by atomic mass is 35.5. The molecule has 0 saturated carbocycles. The predicted octanol–water partition coefficient (Wildman–Crippen LogP) is 3.32. The first-order chi connectivity index (χ1) is 7.22. The van der Waals surface area contributed by atoms with E-state index in [4.69, 9.17) is 23.2 Å². The summed E-state index contributed by atoms with van der Waals surface area (Å²) < 4.78 is 39.4. The van der Waals surface area contributed by atoms with Crippen molar-refractivity contribution in [2.75, 3.05) is 0 Å². The standard InChI is InChI=1S/C8H4Cl2F3NO2/c1-3-2-14-7(16-8(11,12)13)4(5(3)9)6(10)15/h2H,1H3. The normalized spacial score (nSPS) is 11.4. The minimum atomic E-state index is -4.97. The van der Waals surface area contributed by atoms with E-state index >= 15 is 0 Å². The van der Waals surface area contributed by atoms with Gasteiger partial charge in [-0.05, 0) is 24.1 Å². The van der Waals surface area contributed by atoms with Crippen molar-refractivity contribution in [3.63, 3.8) is 0 Å². The molecule has 8 heteroatoms. The summed E-state index contributed by atoms with van der Waals surface area (Å²) in [7, 11) is 0. The minimum absolute atomic E-state index is 0.214. The molecule has 0 aliphatic carbocycles. The van der Waals surface area contributed by atoms with Gasteiger partial charge in [0.15, 0.2) is 0 Å². The van der Waals surface area contributed by atoms with Crippen molar-refractivity contribution in [1.82, 2.24) is 4.98 Å². The lowest BCUT2D eigenvalue weighted by molar-refractivity contribution is -0.276. The van der Waals surface area contributed by atoms with E-state index in [0.717, 1.165) is 6.20 Å². The summed E-state index contributed by atoms with van der Waals surface area (Å²) in [5.41, 5.74) is -0.277. The third-order valence-corrected chi connectivity index (χ3v) is 2.24. The minimum Gasteiger partial charge on any atom is -0.387 e. The van der Waals surface area contributed by atoms with Crippen LogP contribution >= 0.6 is 23.2 Å². The first-order valence-electron chi connectivity index (χ1n) is 3.83. The number of alkyl halides is 3. The molecule has 0 aromatic carbocycles. The van der Waals surface area contributed by atoms with Gasteiger partial charge < -0.3 is 4.74 Å². The van der Waals surface area contributed by atoms with Crippen LogP contribution in [-0.4, -0.2) is 16.6 Å². The molecule has 0 saturated heterocycles. The molecule has 0 aliphatic heterocycles. The molecule has 0 radical (unpaired) electrons. The van der Waals surface area contributed by atoms with Crippen LogP contribution < -0.4 is 4.74 Å². The molecule has 0 amide bonds. The Bertz CT molecular complexity index is 434. The van der Waals surface area contributed by atoms with Gasteiger partial charge in [0.05, 0.1) is 5.02 Å². The van der Waals surface area contributed by atoms with Gasteiger partial charge in [0, 0.05) is 6.20 Å². The Morgan fingerprint density at radius 2 is 2.06 bits per heavy atom. The van der Waals surface area contributed by atoms with Gasteiger partial charge in [-0.1, -0.05) is 11.6 Å². The molecule has 0 spiro atoms. The van der Waals surface area contributed by atoms with Crippen LogP contribution in [0.3, 0.4) is 0 Å². The van der Waals surface area contributed by atoms with Crippen LogP contribution in [0.1, 0.15) is 15.9 Å². The number of hydrogen-bond acceptors (Lipinski definition) is 3. The average molecular weight is 274 g/mol. The van der Waals surface area contributed by atoms with E-state index in [2.05, 4.69) is 9.72 Å². The van der Waals surface area contributed by atoms with Gasteiger partial charge in [-0.2, -0.15) is 0 Å². The highest BCUT2D eigenvalue weighted by molar-refractivity contribution is 6.69. The van der Waals surface area contributed by atoms with Gasteiger partial charge in [0.2, 0.25) is 5.88 Å². The fourth-order valence-electron chi connectivity index (χ4n) is 0.925. The second kappa shape index (κ2) is 4.47. The first-order valence-corrected chi connectivity index (χ1v) is 4.58. The number of halogens is 5. The summed E-state index contributed by atoms with van der Waals surface area (Å²) in [5, 5.41) is -1.38. The first kappa shape index (κ1) is 13.1. The molecule has 0 unspecified atom stereocenters. The number of aryl methyl sites for hydroxylation is 1. The number of nitrogens with zero attached hydrogens (tertiary/aromatic N) is 1. The topological polar surface area (TPSA) is 39.2 Å². The lowest BCUT2D eigenvalue weighted by Crippen LogP contribution is -2.19. The third-order valence-electron chi connectivity index (χ3n) is 1.56. The van der Waals surface area contributed by atoms with Gasteiger partial charge in [0.1, 0.15) is 5.56 Å². The van der Waals surface area contributed by atoms with Crippen molar-refractivity contribution in [2.24, 2.45) is 0 Å². The maximum absolute atomic E-state index is 12.0. The van der Waals surface area contributed by atoms with Crippen LogP contribution in [-0.2, 0) is 0 Å². The Balaban J connectivity index is 3.29. The summed E-state index contributed by atoms with van der Waals surface area (Å²) in [4.78, 5) is 14.2. The van der Waals surface area contributed by atoms with Crippen LogP contribution in [0.4, 0.5) is 13.2 Å². The number of carbonyl (C=O) groups is 1. The van der Waals surface area contributed by atoms with Crippen molar-refractivity contribution >= 4 is 28.4 Å². The lowest BCUT2D eigenvalue weighted by Gasteiger charge is -2.11. The summed E-state index contributed by atoms with van der Waals surface area (Å²) >= 11 is 10.7. The Kier molecular flexibility index (Phi) is 3.64. The maximum atomic E-state index is 12.0. The summed E-state index contributed by atoms with van der Waals surface area (Å²) in [6.07, 6.45) is -3.92. The largest absolute Gasteiger partial charge is 0.574 e. The van der Waals surface area contributed by atoms with Crippen molar-refractivity contribution in [2.45, 2.75) is 13.3 Å². The molecule has 0 bridgehead atoms. The Labute approximate surface area is 98.1 Å². The molecule has 0 fully saturated rings. The Morgan fingerprint density at radius 3 is 2.50 bits per heavy atom. The molecule has 16 heavy (non-hydrogen) atoms. The molecule has 1 aromatic heterocycles. The second-order valence-corrected chi connectivity index (χ2v) is 3.48. The fourth-order valence-corrected chi connectivity index (χ4v) is 1.36. The number of ether oxygens (including phenoxy) is 1. The molecular formula is C8H4Cl2F3NO2. The second-order valence-electron chi connectivity index (χ2n) is 2.76. The zero-order chi connectivity index (χ0) is 12.5. The van der Waals surface area contributed by atoms with E-state index in [1.165, 1.54) is 6.92 Å². The molecule has 88 valence electrons. The van der Waals surface area contributed by atoms with E-state index < -0.39 is 23.0 Å². The molecular weight excluding hydrogens is 270 g/mol. The van der Waals surface area contributed by atoms with Crippen molar-refractivity contribution < 1.29 is 22.7 Å². The summed E-state index contributed by atoms with van der Waals surface area (Å²) in [6.45, 7) is 1.47. The van der Waals surface area contributed by atoms with Crippen LogP contribution in [0.2, 0.25) is 5.02 Å². The maximum Gasteiger partial charge on any atom is 0.574 e. The number of rotatable bonds is 2. The van der Waals surface area contributed by atoms with Crippen LogP contribution in [0.5, 0.6) is 5.88 Å². The van der Waals surface area contributed by atoms with Gasteiger partial charge in [-0.3, -0.25) is 4.79 Å². The average Bonchev–Trinajstić information content (AvgIpc) is 2.08. The van der Waals surface area contributed by atoms with Gasteiger partial charge in [0.25, 0.3) is 5.24 Å². The van der Waals surface area contributed by atoms with E-state index in [-0.39, 0.29) is 5.02 Å². The molecule has 0 N–H and O–H groups in total. The molecule has 0 atom stereocenters. The number of carbonyl (C=O) groups excluding carboxylic acids is 1. The Morgan fingerprint density at radius 1 is 1.50 bits per heavy atom. The summed E-state index contributed by atoms with van der Waals surface area (Å²) in [5.74, 6) is -0.955. The van der Waals surface area contributed by atoms with Crippen molar-refractivity contribution in [3.05, 3.63) is 22.3 Å². The van der Waals surface area contributed by atoms with E-state index in [1.807, 2.05) is 0 Å².